The molecule has 20 heavy (non-hydrogen) atoms. The van der Waals surface area contributed by atoms with Crippen molar-refractivity contribution in [3.8, 4) is 0 Å². The average Bonchev–Trinajstić information content (AvgIpc) is 2.46. The number of nitro groups is 1. The quantitative estimate of drug-likeness (QED) is 0.364. The van der Waals surface area contributed by atoms with E-state index in [0.717, 1.165) is 6.20 Å². The van der Waals surface area contributed by atoms with E-state index in [9.17, 15) is 14.9 Å². The Labute approximate surface area is 116 Å². The zero-order valence-corrected chi connectivity index (χ0v) is 10.7. The number of ketones is 1. The Kier molecular flexibility index (Phi) is 4.39. The van der Waals surface area contributed by atoms with Crippen molar-refractivity contribution >= 4 is 5.78 Å². The Morgan fingerprint density at radius 2 is 1.95 bits per heavy atom. The van der Waals surface area contributed by atoms with Gasteiger partial charge in [-0.2, -0.15) is 0 Å². The SMILES string of the molecule is O=C(C=CC1C=CC=CC1=C[N+](=O)[O-])c1ccccc1. The third-order valence-electron chi connectivity index (χ3n) is 2.87. The van der Waals surface area contributed by atoms with Gasteiger partial charge in [-0.25, -0.2) is 0 Å². The summed E-state index contributed by atoms with van der Waals surface area (Å²) in [6.07, 6.45) is 11.1. The second-order valence-corrected chi connectivity index (χ2v) is 4.27. The number of hydrogen-bond acceptors (Lipinski definition) is 3. The molecule has 0 spiro atoms. The van der Waals surface area contributed by atoms with Crippen LogP contribution >= 0.6 is 0 Å². The number of nitrogens with zero attached hydrogens (tertiary/aromatic N) is 1. The zero-order valence-electron chi connectivity index (χ0n) is 10.7. The minimum absolute atomic E-state index is 0.117. The fourth-order valence-corrected chi connectivity index (χ4v) is 1.89. The van der Waals surface area contributed by atoms with Gasteiger partial charge in [0, 0.05) is 17.1 Å². The van der Waals surface area contributed by atoms with Gasteiger partial charge in [-0.1, -0.05) is 60.7 Å². The molecule has 0 N–H and O–H groups in total. The van der Waals surface area contributed by atoms with Crippen LogP contribution in [-0.4, -0.2) is 10.7 Å². The first-order valence-electron chi connectivity index (χ1n) is 6.14. The predicted molar refractivity (Wildman–Crippen MR) is 76.8 cm³/mol. The van der Waals surface area contributed by atoms with Gasteiger partial charge in [0.15, 0.2) is 5.78 Å². The van der Waals surface area contributed by atoms with Gasteiger partial charge in [0.05, 0.1) is 4.92 Å². The molecule has 4 heteroatoms. The fourth-order valence-electron chi connectivity index (χ4n) is 1.89. The van der Waals surface area contributed by atoms with E-state index in [-0.39, 0.29) is 11.7 Å². The van der Waals surface area contributed by atoms with Gasteiger partial charge in [0.1, 0.15) is 0 Å². The lowest BCUT2D eigenvalue weighted by Crippen LogP contribution is -2.03. The number of hydrogen-bond donors (Lipinski definition) is 0. The van der Waals surface area contributed by atoms with Crippen LogP contribution in [0.25, 0.3) is 0 Å². The van der Waals surface area contributed by atoms with Crippen molar-refractivity contribution in [3.63, 3.8) is 0 Å². The third-order valence-corrected chi connectivity index (χ3v) is 2.87. The molecule has 0 bridgehead atoms. The van der Waals surface area contributed by atoms with Gasteiger partial charge in [0.2, 0.25) is 6.20 Å². The second kappa shape index (κ2) is 6.43. The van der Waals surface area contributed by atoms with E-state index in [4.69, 9.17) is 0 Å². The van der Waals surface area contributed by atoms with Gasteiger partial charge in [-0.05, 0) is 6.08 Å². The molecule has 1 aromatic rings. The van der Waals surface area contributed by atoms with Crippen LogP contribution in [0.2, 0.25) is 0 Å². The Morgan fingerprint density at radius 3 is 2.65 bits per heavy atom. The van der Waals surface area contributed by atoms with E-state index in [1.807, 2.05) is 12.1 Å². The number of benzene rings is 1. The summed E-state index contributed by atoms with van der Waals surface area (Å²) in [6.45, 7) is 0. The fraction of sp³-hybridized carbons (Fsp3) is 0.0625. The number of rotatable bonds is 4. The molecular weight excluding hydrogens is 254 g/mol. The molecule has 0 heterocycles. The largest absolute Gasteiger partial charge is 0.289 e. The molecule has 0 aliphatic heterocycles. The molecule has 1 aromatic carbocycles. The van der Waals surface area contributed by atoms with Crippen LogP contribution in [0.4, 0.5) is 0 Å². The molecule has 0 fully saturated rings. The summed E-state index contributed by atoms with van der Waals surface area (Å²) < 4.78 is 0. The standard InChI is InChI=1S/C16H13NO3/c18-16(14-7-2-1-3-8-14)11-10-13-6-4-5-9-15(13)12-17(19)20/h1-13H. The molecule has 2 rings (SSSR count). The molecule has 1 atom stereocenters. The Balaban J connectivity index is 2.14. The van der Waals surface area contributed by atoms with Gasteiger partial charge in [0.25, 0.3) is 0 Å². The molecular formula is C16H13NO3. The molecule has 1 aliphatic rings. The molecule has 4 nitrogen and oxygen atoms in total. The first-order chi connectivity index (χ1) is 9.66. The van der Waals surface area contributed by atoms with Crippen molar-refractivity contribution in [2.45, 2.75) is 0 Å². The van der Waals surface area contributed by atoms with Gasteiger partial charge in [-0.15, -0.1) is 0 Å². The summed E-state index contributed by atoms with van der Waals surface area (Å²) in [5.41, 5.74) is 1.15. The Bertz CT molecular complexity index is 624. The van der Waals surface area contributed by atoms with Crippen molar-refractivity contribution in [2.24, 2.45) is 5.92 Å². The van der Waals surface area contributed by atoms with Crippen LogP contribution in [-0.2, 0) is 0 Å². The Hall–Kier alpha value is -2.75. The van der Waals surface area contributed by atoms with Crippen LogP contribution in [0.15, 0.2) is 78.6 Å². The topological polar surface area (TPSA) is 60.2 Å². The predicted octanol–water partition coefficient (Wildman–Crippen LogP) is 3.33. The van der Waals surface area contributed by atoms with Crippen molar-refractivity contribution < 1.29 is 9.72 Å². The van der Waals surface area contributed by atoms with Crippen LogP contribution in [0.5, 0.6) is 0 Å². The average molecular weight is 267 g/mol. The first kappa shape index (κ1) is 13.7. The Morgan fingerprint density at radius 1 is 1.20 bits per heavy atom. The maximum absolute atomic E-state index is 11.9. The summed E-state index contributed by atoms with van der Waals surface area (Å²) in [6, 6.07) is 8.89. The van der Waals surface area contributed by atoms with E-state index >= 15 is 0 Å². The van der Waals surface area contributed by atoms with E-state index < -0.39 is 4.92 Å². The van der Waals surface area contributed by atoms with E-state index in [0.29, 0.717) is 11.1 Å². The molecule has 1 unspecified atom stereocenters. The highest BCUT2D eigenvalue weighted by atomic mass is 16.6. The minimum Gasteiger partial charge on any atom is -0.289 e. The van der Waals surface area contributed by atoms with Crippen LogP contribution < -0.4 is 0 Å². The van der Waals surface area contributed by atoms with Crippen molar-refractivity contribution in [3.05, 3.63) is 94.2 Å². The van der Waals surface area contributed by atoms with Crippen LogP contribution in [0.1, 0.15) is 10.4 Å². The summed E-state index contributed by atoms with van der Waals surface area (Å²) in [5, 5.41) is 10.6. The molecule has 0 radical (unpaired) electrons. The molecule has 0 saturated heterocycles. The smallest absolute Gasteiger partial charge is 0.238 e. The zero-order chi connectivity index (χ0) is 14.4. The van der Waals surface area contributed by atoms with Gasteiger partial charge in [-0.3, -0.25) is 14.9 Å². The lowest BCUT2D eigenvalue weighted by molar-refractivity contribution is -0.403. The minimum atomic E-state index is -0.487. The highest BCUT2D eigenvalue weighted by molar-refractivity contribution is 6.04. The van der Waals surface area contributed by atoms with Crippen molar-refractivity contribution in [2.75, 3.05) is 0 Å². The molecule has 0 saturated carbocycles. The number of allylic oxidation sites excluding steroid dienone is 7. The second-order valence-electron chi connectivity index (χ2n) is 4.27. The van der Waals surface area contributed by atoms with Crippen molar-refractivity contribution in [1.82, 2.24) is 0 Å². The summed E-state index contributed by atoms with van der Waals surface area (Å²) >= 11 is 0. The maximum atomic E-state index is 11.9. The highest BCUT2D eigenvalue weighted by Crippen LogP contribution is 2.20. The van der Waals surface area contributed by atoms with Crippen molar-refractivity contribution in [1.29, 1.82) is 0 Å². The summed E-state index contributed by atoms with van der Waals surface area (Å²) in [4.78, 5) is 22.0. The highest BCUT2D eigenvalue weighted by Gasteiger charge is 2.12. The molecule has 100 valence electrons. The van der Waals surface area contributed by atoms with Crippen LogP contribution in [0.3, 0.4) is 0 Å². The van der Waals surface area contributed by atoms with Gasteiger partial charge < -0.3 is 0 Å². The van der Waals surface area contributed by atoms with E-state index in [2.05, 4.69) is 0 Å². The number of carbonyl (C=O) groups is 1. The molecule has 0 amide bonds. The maximum Gasteiger partial charge on any atom is 0.238 e. The van der Waals surface area contributed by atoms with Crippen LogP contribution in [0, 0.1) is 16.0 Å². The third kappa shape index (κ3) is 3.62. The summed E-state index contributed by atoms with van der Waals surface area (Å²) in [5.74, 6) is -0.368. The lowest BCUT2D eigenvalue weighted by atomic mass is 9.94. The monoisotopic (exact) mass is 267 g/mol. The normalized spacial score (nSPS) is 19.6. The molecule has 0 aromatic heterocycles. The molecule has 1 aliphatic carbocycles. The number of carbonyl (C=O) groups excluding carboxylic acids is 1. The summed E-state index contributed by atoms with van der Waals surface area (Å²) in [7, 11) is 0. The lowest BCUT2D eigenvalue weighted by Gasteiger charge is -2.09. The first-order valence-corrected chi connectivity index (χ1v) is 6.14. The van der Waals surface area contributed by atoms with Gasteiger partial charge >= 0.3 is 0 Å². The van der Waals surface area contributed by atoms with E-state index in [1.54, 1.807) is 48.6 Å². The van der Waals surface area contributed by atoms with E-state index in [1.165, 1.54) is 6.08 Å².